The van der Waals surface area contributed by atoms with Gasteiger partial charge in [0.25, 0.3) is 0 Å². The summed E-state index contributed by atoms with van der Waals surface area (Å²) < 4.78 is 0. The van der Waals surface area contributed by atoms with Gasteiger partial charge in [-0.05, 0) is 53.7 Å². The number of fused-ring (bicyclic) bond motifs is 2. The maximum atomic E-state index is 11.4. The molecule has 0 radical (unpaired) electrons. The molecule has 0 spiro atoms. The minimum Gasteiger partial charge on any atom is -0.508 e. The van der Waals surface area contributed by atoms with Crippen LogP contribution in [0.4, 0.5) is 0 Å². The van der Waals surface area contributed by atoms with E-state index in [-0.39, 0.29) is 16.6 Å². The van der Waals surface area contributed by atoms with Crippen LogP contribution in [0.1, 0.15) is 45.6 Å². The van der Waals surface area contributed by atoms with Crippen LogP contribution in [0.15, 0.2) is 24.3 Å². The van der Waals surface area contributed by atoms with Crippen molar-refractivity contribution in [3.63, 3.8) is 0 Å². The fourth-order valence-electron chi connectivity index (χ4n) is 4.70. The van der Waals surface area contributed by atoms with E-state index < -0.39 is 5.60 Å². The summed E-state index contributed by atoms with van der Waals surface area (Å²) >= 11 is 0. The average molecular weight is 260 g/mol. The molecule has 1 aromatic rings. The van der Waals surface area contributed by atoms with Crippen LogP contribution in [0.25, 0.3) is 0 Å². The minimum absolute atomic E-state index is 0.0299. The van der Waals surface area contributed by atoms with Crippen molar-refractivity contribution in [2.45, 2.75) is 52.1 Å². The number of hydrogen-bond donors (Lipinski definition) is 2. The molecule has 0 heterocycles. The fraction of sp³-hybridized carbons (Fsp3) is 0.647. The van der Waals surface area contributed by atoms with Crippen LogP contribution in [0.5, 0.6) is 5.75 Å². The van der Waals surface area contributed by atoms with Crippen molar-refractivity contribution >= 4 is 0 Å². The van der Waals surface area contributed by atoms with Crippen LogP contribution in [-0.2, 0) is 6.42 Å². The molecule has 2 nitrogen and oxygen atoms in total. The number of phenols is 1. The third kappa shape index (κ3) is 1.59. The van der Waals surface area contributed by atoms with E-state index in [9.17, 15) is 10.2 Å². The van der Waals surface area contributed by atoms with Crippen molar-refractivity contribution in [1.29, 1.82) is 0 Å². The van der Waals surface area contributed by atoms with Crippen LogP contribution >= 0.6 is 0 Å². The van der Waals surface area contributed by atoms with Crippen molar-refractivity contribution < 1.29 is 10.2 Å². The molecule has 2 aliphatic rings. The lowest BCUT2D eigenvalue weighted by atomic mass is 9.58. The van der Waals surface area contributed by atoms with E-state index in [0.29, 0.717) is 12.3 Å². The molecule has 2 N–H and O–H groups in total. The van der Waals surface area contributed by atoms with Gasteiger partial charge >= 0.3 is 0 Å². The zero-order valence-corrected chi connectivity index (χ0v) is 12.1. The predicted octanol–water partition coefficient (Wildman–Crippen LogP) is 3.51. The quantitative estimate of drug-likeness (QED) is 0.854. The lowest BCUT2D eigenvalue weighted by Gasteiger charge is -2.51. The van der Waals surface area contributed by atoms with Crippen molar-refractivity contribution in [1.82, 2.24) is 0 Å². The van der Waals surface area contributed by atoms with Crippen molar-refractivity contribution in [3.05, 3.63) is 29.8 Å². The van der Waals surface area contributed by atoms with Gasteiger partial charge in [0.2, 0.25) is 0 Å². The summed E-state index contributed by atoms with van der Waals surface area (Å²) in [6, 6.07) is 7.28. The molecule has 2 fully saturated rings. The average Bonchev–Trinajstić information content (AvgIpc) is 2.81. The molecular weight excluding hydrogens is 236 g/mol. The SMILES string of the molecule is CC12CCC(C1)C(C)(C)C2(O)Cc1ccc(O)cc1. The second-order valence-electron chi connectivity index (χ2n) is 7.43. The second kappa shape index (κ2) is 3.76. The molecule has 3 unspecified atom stereocenters. The largest absolute Gasteiger partial charge is 0.508 e. The summed E-state index contributed by atoms with van der Waals surface area (Å²) in [6.45, 7) is 6.70. The minimum atomic E-state index is -0.639. The van der Waals surface area contributed by atoms with Crippen molar-refractivity contribution in [2.75, 3.05) is 0 Å². The lowest BCUT2D eigenvalue weighted by molar-refractivity contribution is -0.141. The Balaban J connectivity index is 1.96. The Morgan fingerprint density at radius 1 is 1.16 bits per heavy atom. The van der Waals surface area contributed by atoms with E-state index in [1.54, 1.807) is 12.1 Å². The fourth-order valence-corrected chi connectivity index (χ4v) is 4.70. The van der Waals surface area contributed by atoms with Gasteiger partial charge in [-0.15, -0.1) is 0 Å². The molecule has 0 aliphatic heterocycles. The summed E-state index contributed by atoms with van der Waals surface area (Å²) in [5.74, 6) is 0.925. The first-order valence-corrected chi connectivity index (χ1v) is 7.29. The molecule has 3 atom stereocenters. The molecule has 0 amide bonds. The number of benzene rings is 1. The number of phenolic OH excluding ortho intramolecular Hbond substituents is 1. The van der Waals surface area contributed by atoms with Crippen LogP contribution in [-0.4, -0.2) is 15.8 Å². The standard InChI is InChI=1S/C17H24O2/c1-15(2)13-8-9-16(3,11-13)17(15,19)10-12-4-6-14(18)7-5-12/h4-7,13,18-19H,8-11H2,1-3H3. The molecule has 3 rings (SSSR count). The van der Waals surface area contributed by atoms with Crippen LogP contribution < -0.4 is 0 Å². The van der Waals surface area contributed by atoms with Crippen LogP contribution in [0.2, 0.25) is 0 Å². The van der Waals surface area contributed by atoms with E-state index in [1.807, 2.05) is 12.1 Å². The molecule has 19 heavy (non-hydrogen) atoms. The molecule has 0 saturated heterocycles. The highest BCUT2D eigenvalue weighted by molar-refractivity contribution is 5.30. The molecule has 2 bridgehead atoms. The Bertz CT molecular complexity index is 484. The topological polar surface area (TPSA) is 40.5 Å². The number of hydrogen-bond acceptors (Lipinski definition) is 2. The highest BCUT2D eigenvalue weighted by atomic mass is 16.3. The van der Waals surface area contributed by atoms with Gasteiger partial charge in [-0.3, -0.25) is 0 Å². The number of rotatable bonds is 2. The van der Waals surface area contributed by atoms with Gasteiger partial charge in [-0.25, -0.2) is 0 Å². The second-order valence-corrected chi connectivity index (χ2v) is 7.43. The van der Waals surface area contributed by atoms with E-state index >= 15 is 0 Å². The summed E-state index contributed by atoms with van der Waals surface area (Å²) in [6.07, 6.45) is 4.22. The first-order valence-electron chi connectivity index (χ1n) is 7.29. The Labute approximate surface area is 115 Å². The highest BCUT2D eigenvalue weighted by Gasteiger charge is 2.67. The molecule has 104 valence electrons. The first kappa shape index (κ1) is 13.0. The zero-order chi connectivity index (χ0) is 13.9. The molecule has 1 aromatic carbocycles. The third-order valence-corrected chi connectivity index (χ3v) is 6.22. The predicted molar refractivity (Wildman–Crippen MR) is 76.0 cm³/mol. The summed E-state index contributed by atoms with van der Waals surface area (Å²) in [5, 5.41) is 20.8. The smallest absolute Gasteiger partial charge is 0.115 e. The molecule has 2 heteroatoms. The first-order chi connectivity index (χ1) is 8.78. The van der Waals surface area contributed by atoms with Gasteiger partial charge in [-0.2, -0.15) is 0 Å². The van der Waals surface area contributed by atoms with Crippen LogP contribution in [0, 0.1) is 16.7 Å². The van der Waals surface area contributed by atoms with Crippen molar-refractivity contribution in [3.8, 4) is 5.75 Å². The van der Waals surface area contributed by atoms with E-state index in [1.165, 1.54) is 6.42 Å². The Kier molecular flexibility index (Phi) is 2.57. The van der Waals surface area contributed by atoms with E-state index in [2.05, 4.69) is 20.8 Å². The summed E-state index contributed by atoms with van der Waals surface area (Å²) in [5.41, 5.74) is 0.485. The maximum absolute atomic E-state index is 11.4. The summed E-state index contributed by atoms with van der Waals surface area (Å²) in [4.78, 5) is 0. The normalized spacial score (nSPS) is 39.7. The molecule has 2 saturated carbocycles. The van der Waals surface area contributed by atoms with Crippen molar-refractivity contribution in [2.24, 2.45) is 16.7 Å². The van der Waals surface area contributed by atoms with E-state index in [0.717, 1.165) is 18.4 Å². The summed E-state index contributed by atoms with van der Waals surface area (Å²) in [7, 11) is 0. The Morgan fingerprint density at radius 3 is 2.32 bits per heavy atom. The monoisotopic (exact) mass is 260 g/mol. The van der Waals surface area contributed by atoms with Gasteiger partial charge < -0.3 is 10.2 Å². The zero-order valence-electron chi connectivity index (χ0n) is 12.1. The maximum Gasteiger partial charge on any atom is 0.115 e. The Morgan fingerprint density at radius 2 is 1.79 bits per heavy atom. The van der Waals surface area contributed by atoms with Gasteiger partial charge in [-0.1, -0.05) is 32.9 Å². The Hall–Kier alpha value is -1.02. The molecule has 2 aliphatic carbocycles. The van der Waals surface area contributed by atoms with Crippen LogP contribution in [0.3, 0.4) is 0 Å². The van der Waals surface area contributed by atoms with E-state index in [4.69, 9.17) is 0 Å². The highest BCUT2D eigenvalue weighted by Crippen LogP contribution is 2.68. The van der Waals surface area contributed by atoms with Gasteiger partial charge in [0, 0.05) is 6.42 Å². The lowest BCUT2D eigenvalue weighted by Crippen LogP contribution is -2.55. The third-order valence-electron chi connectivity index (χ3n) is 6.22. The van der Waals surface area contributed by atoms with Gasteiger partial charge in [0.05, 0.1) is 5.60 Å². The van der Waals surface area contributed by atoms with Gasteiger partial charge in [0.1, 0.15) is 5.75 Å². The molecule has 0 aromatic heterocycles. The molecular formula is C17H24O2. The van der Waals surface area contributed by atoms with Gasteiger partial charge in [0.15, 0.2) is 0 Å². The number of aliphatic hydroxyl groups is 1. The number of aromatic hydroxyl groups is 1.